The normalized spacial score (nSPS) is 12.7. The van der Waals surface area contributed by atoms with Crippen molar-refractivity contribution in [1.29, 1.82) is 0 Å². The Morgan fingerprint density at radius 2 is 1.90 bits per heavy atom. The summed E-state index contributed by atoms with van der Waals surface area (Å²) in [5, 5.41) is 14.3. The van der Waals surface area contributed by atoms with Crippen LogP contribution in [0.4, 0.5) is 8.78 Å². The number of halogens is 3. The summed E-state index contributed by atoms with van der Waals surface area (Å²) >= 11 is 3.01. The molecule has 1 aromatic heterocycles. The zero-order chi connectivity index (χ0) is 14.9. The molecule has 2 aromatic rings. The zero-order valence-electron chi connectivity index (χ0n) is 11.2. The van der Waals surface area contributed by atoms with Crippen molar-refractivity contribution in [3.05, 3.63) is 51.3 Å². The summed E-state index contributed by atoms with van der Waals surface area (Å²) in [6.45, 7) is 1.97. The van der Waals surface area contributed by atoms with Gasteiger partial charge in [-0.3, -0.25) is 4.68 Å². The van der Waals surface area contributed by atoms with E-state index in [9.17, 15) is 13.9 Å². The summed E-state index contributed by atoms with van der Waals surface area (Å²) in [6.07, 6.45) is -0.368. The highest BCUT2D eigenvalue weighted by Crippen LogP contribution is 2.27. The maximum absolute atomic E-state index is 13.8. The number of aromatic nitrogens is 2. The van der Waals surface area contributed by atoms with Crippen LogP contribution in [0.3, 0.4) is 0 Å². The number of aliphatic hydroxyl groups is 1. The molecule has 2 rings (SSSR count). The van der Waals surface area contributed by atoms with Crippen molar-refractivity contribution in [2.75, 3.05) is 0 Å². The maximum atomic E-state index is 13.8. The summed E-state index contributed by atoms with van der Waals surface area (Å²) in [7, 11) is 1.75. The lowest BCUT2D eigenvalue weighted by Crippen LogP contribution is -2.10. The minimum absolute atomic E-state index is 0.110. The number of aryl methyl sites for hydroxylation is 2. The van der Waals surface area contributed by atoms with Crippen LogP contribution in [0.15, 0.2) is 22.7 Å². The standard InChI is InChI=1S/C14H15BrF2N2O/c1-3-9-6-10(19(2)18-9)7-13(20)14-11(16)4-8(15)5-12(14)17/h4-6,13,20H,3,7H2,1-2H3. The van der Waals surface area contributed by atoms with E-state index in [0.717, 1.165) is 29.9 Å². The number of hydrogen-bond donors (Lipinski definition) is 1. The Hall–Kier alpha value is -1.27. The number of aliphatic hydroxyl groups excluding tert-OH is 1. The lowest BCUT2D eigenvalue weighted by Gasteiger charge is -2.13. The number of rotatable bonds is 4. The van der Waals surface area contributed by atoms with Gasteiger partial charge in [0, 0.05) is 23.6 Å². The van der Waals surface area contributed by atoms with Crippen LogP contribution in [-0.4, -0.2) is 14.9 Å². The molecule has 0 amide bonds. The molecule has 108 valence electrons. The van der Waals surface area contributed by atoms with Crippen molar-refractivity contribution < 1.29 is 13.9 Å². The van der Waals surface area contributed by atoms with Gasteiger partial charge in [0.25, 0.3) is 0 Å². The van der Waals surface area contributed by atoms with E-state index in [4.69, 9.17) is 0 Å². The van der Waals surface area contributed by atoms with Crippen molar-refractivity contribution in [1.82, 2.24) is 9.78 Å². The molecular formula is C14H15BrF2N2O. The van der Waals surface area contributed by atoms with Gasteiger partial charge in [0.15, 0.2) is 0 Å². The summed E-state index contributed by atoms with van der Waals surface area (Å²) in [6, 6.07) is 4.11. The second kappa shape index (κ2) is 6.01. The molecule has 0 aliphatic heterocycles. The fourth-order valence-electron chi connectivity index (χ4n) is 2.11. The molecule has 20 heavy (non-hydrogen) atoms. The van der Waals surface area contributed by atoms with Gasteiger partial charge < -0.3 is 5.11 Å². The van der Waals surface area contributed by atoms with Crippen molar-refractivity contribution in [2.24, 2.45) is 7.05 Å². The minimum atomic E-state index is -1.25. The summed E-state index contributed by atoms with van der Waals surface area (Å²) in [5.41, 5.74) is 1.30. The molecule has 0 saturated carbocycles. The third kappa shape index (κ3) is 3.07. The highest BCUT2D eigenvalue weighted by molar-refractivity contribution is 9.10. The van der Waals surface area contributed by atoms with Crippen LogP contribution in [0.2, 0.25) is 0 Å². The molecule has 3 nitrogen and oxygen atoms in total. The summed E-state index contributed by atoms with van der Waals surface area (Å²) < 4.78 is 29.5. The Balaban J connectivity index is 2.28. The van der Waals surface area contributed by atoms with Crippen LogP contribution in [0.5, 0.6) is 0 Å². The average molecular weight is 345 g/mol. The maximum Gasteiger partial charge on any atom is 0.133 e. The Morgan fingerprint density at radius 3 is 2.40 bits per heavy atom. The molecule has 0 bridgehead atoms. The molecule has 1 atom stereocenters. The monoisotopic (exact) mass is 344 g/mol. The highest BCUT2D eigenvalue weighted by atomic mass is 79.9. The number of benzene rings is 1. The number of hydrogen-bond acceptors (Lipinski definition) is 2. The predicted molar refractivity (Wildman–Crippen MR) is 75.3 cm³/mol. The number of nitrogens with zero attached hydrogens (tertiary/aromatic N) is 2. The molecule has 0 saturated heterocycles. The molecule has 6 heteroatoms. The van der Waals surface area contributed by atoms with Crippen LogP contribution in [0, 0.1) is 11.6 Å². The van der Waals surface area contributed by atoms with Crippen molar-refractivity contribution in [2.45, 2.75) is 25.9 Å². The molecule has 1 heterocycles. The van der Waals surface area contributed by atoms with Crippen molar-refractivity contribution in [3.63, 3.8) is 0 Å². The molecule has 0 aliphatic rings. The molecular weight excluding hydrogens is 330 g/mol. The third-order valence-electron chi connectivity index (χ3n) is 3.17. The van der Waals surface area contributed by atoms with Crippen LogP contribution < -0.4 is 0 Å². The van der Waals surface area contributed by atoms with E-state index < -0.39 is 17.7 Å². The molecule has 0 fully saturated rings. The summed E-state index contributed by atoms with van der Waals surface area (Å²) in [5.74, 6) is -1.52. The van der Waals surface area contributed by atoms with Gasteiger partial charge >= 0.3 is 0 Å². The molecule has 0 spiro atoms. The van der Waals surface area contributed by atoms with E-state index in [1.54, 1.807) is 11.7 Å². The Morgan fingerprint density at radius 1 is 1.30 bits per heavy atom. The van der Waals surface area contributed by atoms with E-state index in [-0.39, 0.29) is 12.0 Å². The van der Waals surface area contributed by atoms with Crippen LogP contribution >= 0.6 is 15.9 Å². The van der Waals surface area contributed by atoms with Gasteiger partial charge in [-0.05, 0) is 24.6 Å². The average Bonchev–Trinajstić information content (AvgIpc) is 2.68. The third-order valence-corrected chi connectivity index (χ3v) is 3.63. The van der Waals surface area contributed by atoms with E-state index in [1.165, 1.54) is 0 Å². The Kier molecular flexibility index (Phi) is 4.55. The van der Waals surface area contributed by atoms with Gasteiger partial charge in [-0.15, -0.1) is 0 Å². The van der Waals surface area contributed by atoms with Gasteiger partial charge in [-0.25, -0.2) is 8.78 Å². The van der Waals surface area contributed by atoms with Crippen LogP contribution in [-0.2, 0) is 19.9 Å². The molecule has 1 N–H and O–H groups in total. The van der Waals surface area contributed by atoms with Gasteiger partial charge in [0.2, 0.25) is 0 Å². The van der Waals surface area contributed by atoms with E-state index >= 15 is 0 Å². The first-order valence-electron chi connectivity index (χ1n) is 6.26. The fraction of sp³-hybridized carbons (Fsp3) is 0.357. The second-order valence-electron chi connectivity index (χ2n) is 4.61. The van der Waals surface area contributed by atoms with Crippen LogP contribution in [0.25, 0.3) is 0 Å². The van der Waals surface area contributed by atoms with Gasteiger partial charge in [0.1, 0.15) is 11.6 Å². The van der Waals surface area contributed by atoms with E-state index in [2.05, 4.69) is 21.0 Å². The van der Waals surface area contributed by atoms with Gasteiger partial charge in [0.05, 0.1) is 17.4 Å². The largest absolute Gasteiger partial charge is 0.388 e. The quantitative estimate of drug-likeness (QED) is 0.923. The second-order valence-corrected chi connectivity index (χ2v) is 5.52. The van der Waals surface area contributed by atoms with E-state index in [0.29, 0.717) is 4.47 Å². The van der Waals surface area contributed by atoms with Crippen molar-refractivity contribution in [3.8, 4) is 0 Å². The smallest absolute Gasteiger partial charge is 0.133 e. The zero-order valence-corrected chi connectivity index (χ0v) is 12.8. The lowest BCUT2D eigenvalue weighted by atomic mass is 10.0. The molecule has 0 radical (unpaired) electrons. The highest BCUT2D eigenvalue weighted by Gasteiger charge is 2.20. The SMILES string of the molecule is CCc1cc(CC(O)c2c(F)cc(Br)cc2F)n(C)n1. The first-order chi connectivity index (χ1) is 9.42. The molecule has 1 aromatic carbocycles. The van der Waals surface area contributed by atoms with Crippen molar-refractivity contribution >= 4 is 15.9 Å². The van der Waals surface area contributed by atoms with Crippen LogP contribution in [0.1, 0.15) is 30.0 Å². The molecule has 0 aliphatic carbocycles. The Labute approximate surface area is 124 Å². The predicted octanol–water partition coefficient (Wildman–Crippen LogP) is 3.30. The molecule has 1 unspecified atom stereocenters. The summed E-state index contributed by atoms with van der Waals surface area (Å²) in [4.78, 5) is 0. The Bertz CT molecular complexity index is 605. The first kappa shape index (κ1) is 15.1. The van der Waals surface area contributed by atoms with Gasteiger partial charge in [-0.2, -0.15) is 5.10 Å². The topological polar surface area (TPSA) is 38.0 Å². The van der Waals surface area contributed by atoms with E-state index in [1.807, 2.05) is 13.0 Å². The minimum Gasteiger partial charge on any atom is -0.388 e. The first-order valence-corrected chi connectivity index (χ1v) is 7.06. The lowest BCUT2D eigenvalue weighted by molar-refractivity contribution is 0.166. The fourth-order valence-corrected chi connectivity index (χ4v) is 2.51. The van der Waals surface area contributed by atoms with Gasteiger partial charge in [-0.1, -0.05) is 22.9 Å².